The lowest BCUT2D eigenvalue weighted by Crippen LogP contribution is -1.99. The van der Waals surface area contributed by atoms with E-state index >= 15 is 0 Å². The zero-order chi connectivity index (χ0) is 23.3. The summed E-state index contributed by atoms with van der Waals surface area (Å²) >= 11 is 0. The van der Waals surface area contributed by atoms with Gasteiger partial charge in [0, 0.05) is 24.3 Å². The van der Waals surface area contributed by atoms with E-state index in [9.17, 15) is 0 Å². The molecule has 0 aliphatic heterocycles. The highest BCUT2D eigenvalue weighted by atomic mass is 35.5. The normalized spacial score (nSPS) is 10.9. The van der Waals surface area contributed by atoms with Gasteiger partial charge in [-0.3, -0.25) is 0 Å². The van der Waals surface area contributed by atoms with E-state index in [4.69, 9.17) is 11.5 Å². The van der Waals surface area contributed by atoms with Gasteiger partial charge in [0.1, 0.15) is 0 Å². The maximum Gasteiger partial charge on any atom is 0.197 e. The number of nitrogens with two attached hydrogens (primary N) is 2. The predicted octanol–water partition coefficient (Wildman–Crippen LogP) is 4.45. The topological polar surface area (TPSA) is 140 Å². The Hall–Kier alpha value is -3.59. The lowest BCUT2D eigenvalue weighted by Gasteiger charge is -2.01. The van der Waals surface area contributed by atoms with Gasteiger partial charge in [-0.25, -0.2) is 14.6 Å². The van der Waals surface area contributed by atoms with Gasteiger partial charge in [0.15, 0.2) is 11.9 Å². The number of benzene rings is 1. The molecule has 0 amide bonds. The van der Waals surface area contributed by atoms with Crippen molar-refractivity contribution in [3.8, 4) is 0 Å². The molecule has 4 aromatic rings. The van der Waals surface area contributed by atoms with Crippen molar-refractivity contribution < 1.29 is 0 Å². The van der Waals surface area contributed by atoms with Crippen molar-refractivity contribution in [2.45, 2.75) is 52.0 Å². The highest BCUT2D eigenvalue weighted by Gasteiger charge is 2.03. The molecule has 3 aromatic heterocycles. The van der Waals surface area contributed by atoms with Crippen LogP contribution < -0.4 is 11.5 Å². The van der Waals surface area contributed by atoms with Gasteiger partial charge in [-0.15, -0.1) is 17.5 Å². The van der Waals surface area contributed by atoms with Crippen molar-refractivity contribution in [2.75, 3.05) is 11.5 Å². The molecule has 4 rings (SSSR count). The Kier molecular flexibility index (Phi) is 11.4. The molecule has 0 unspecified atom stereocenters. The highest BCUT2D eigenvalue weighted by molar-refractivity contribution is 5.85. The summed E-state index contributed by atoms with van der Waals surface area (Å²) in [5.74, 6) is 0.969. The van der Waals surface area contributed by atoms with E-state index in [0.717, 1.165) is 43.6 Å². The summed E-state index contributed by atoms with van der Waals surface area (Å²) in [6.07, 6.45) is 16.0. The molecule has 0 aliphatic rings. The fraction of sp³-hybridized carbons (Fsp3) is 0.333. The third-order valence-electron chi connectivity index (χ3n) is 5.01. The first kappa shape index (κ1) is 26.7. The number of unbranched alkanes of at least 4 members (excludes halogenated alkanes) is 3. The number of nitrogens with one attached hydrogen (secondary N) is 2. The van der Waals surface area contributed by atoms with E-state index < -0.39 is 0 Å². The Morgan fingerprint density at radius 2 is 1.76 bits per heavy atom. The minimum absolute atomic E-state index is 0. The van der Waals surface area contributed by atoms with Gasteiger partial charge in [-0.2, -0.15) is 0 Å². The molecule has 10 heteroatoms. The summed E-state index contributed by atoms with van der Waals surface area (Å²) in [5.41, 5.74) is 15.4. The summed E-state index contributed by atoms with van der Waals surface area (Å²) in [5, 5.41) is 8.56. The van der Waals surface area contributed by atoms with Gasteiger partial charge in [0.05, 0.1) is 18.4 Å². The Morgan fingerprint density at radius 1 is 1.00 bits per heavy atom. The van der Waals surface area contributed by atoms with Crippen molar-refractivity contribution >= 4 is 30.4 Å². The second-order valence-corrected chi connectivity index (χ2v) is 7.99. The van der Waals surface area contributed by atoms with E-state index in [-0.39, 0.29) is 12.4 Å². The van der Waals surface area contributed by atoms with E-state index in [1.807, 2.05) is 16.9 Å². The maximum absolute atomic E-state index is 5.58. The smallest absolute Gasteiger partial charge is 0.197 e. The number of nitrogen functional groups attached to an aromatic ring is 2. The Labute approximate surface area is 206 Å². The number of rotatable bonds is 10. The largest absolute Gasteiger partial charge is 0.369 e. The summed E-state index contributed by atoms with van der Waals surface area (Å²) in [6.45, 7) is 2.90. The first-order valence-electron chi connectivity index (χ1n) is 11.2. The minimum Gasteiger partial charge on any atom is -0.369 e. The van der Waals surface area contributed by atoms with Crippen LogP contribution in [0.1, 0.15) is 49.6 Å². The predicted molar refractivity (Wildman–Crippen MR) is 139 cm³/mol. The number of H-pyrrole nitrogens is 2. The third-order valence-corrected chi connectivity index (χ3v) is 5.01. The molecule has 0 radical (unpaired) electrons. The standard InChI is InChI=1S/C21H28N6.C3H5N3.ClH/c1-17(13-18-9-5-4-6-10-18)15-27-16-20(25-26-27)12-8-3-2-7-11-19-14-23-21(22)24-19;4-3-5-1-2-6-3;/h4-6,9-10,13-14,16H,2-3,7-8,11-12,15H2,1H3,(H3,22,23,24);1-2H,(H3,4,5,6);1H/b17-13+;;. The zero-order valence-electron chi connectivity index (χ0n) is 19.5. The van der Waals surface area contributed by atoms with Gasteiger partial charge in [0.25, 0.3) is 0 Å². The van der Waals surface area contributed by atoms with Crippen molar-refractivity contribution in [2.24, 2.45) is 0 Å². The van der Waals surface area contributed by atoms with Gasteiger partial charge in [-0.05, 0) is 38.2 Å². The molecule has 9 nitrogen and oxygen atoms in total. The summed E-state index contributed by atoms with van der Waals surface area (Å²) in [4.78, 5) is 13.4. The quantitative estimate of drug-likeness (QED) is 0.246. The van der Waals surface area contributed by atoms with Crippen LogP contribution in [0.15, 0.2) is 60.7 Å². The first-order valence-corrected chi connectivity index (χ1v) is 11.2. The van der Waals surface area contributed by atoms with Gasteiger partial charge in [-0.1, -0.05) is 60.0 Å². The number of hydrogen-bond donors (Lipinski definition) is 4. The minimum atomic E-state index is 0. The van der Waals surface area contributed by atoms with Crippen LogP contribution >= 0.6 is 12.4 Å². The number of aromatic nitrogens is 7. The van der Waals surface area contributed by atoms with Crippen LogP contribution in [0.25, 0.3) is 6.08 Å². The summed E-state index contributed by atoms with van der Waals surface area (Å²) in [7, 11) is 0. The second-order valence-electron chi connectivity index (χ2n) is 7.99. The highest BCUT2D eigenvalue weighted by Crippen LogP contribution is 2.11. The SMILES string of the molecule is C/C(=C\c1ccccc1)Cn1cc(CCCCCCc2cnc(N)[nH]2)nn1.Cl.Nc1ncc[nH]1. The molecule has 0 aliphatic carbocycles. The molecular weight excluding hydrogens is 450 g/mol. The van der Waals surface area contributed by atoms with E-state index in [1.165, 1.54) is 24.0 Å². The van der Waals surface area contributed by atoms with Crippen molar-refractivity contribution in [1.82, 2.24) is 34.9 Å². The first-order chi connectivity index (χ1) is 16.1. The van der Waals surface area contributed by atoms with E-state index in [2.05, 4.69) is 73.7 Å². The Balaban J connectivity index is 0.000000508. The molecule has 0 spiro atoms. The molecule has 3 heterocycles. The van der Waals surface area contributed by atoms with Crippen molar-refractivity contribution in [3.63, 3.8) is 0 Å². The van der Waals surface area contributed by atoms with Crippen molar-refractivity contribution in [3.05, 3.63) is 77.6 Å². The monoisotopic (exact) mass is 483 g/mol. The van der Waals surface area contributed by atoms with Crippen LogP contribution in [0.3, 0.4) is 0 Å². The second kappa shape index (κ2) is 14.5. The number of anilines is 2. The van der Waals surface area contributed by atoms with Gasteiger partial charge in [0.2, 0.25) is 0 Å². The summed E-state index contributed by atoms with van der Waals surface area (Å²) < 4.78 is 1.92. The van der Waals surface area contributed by atoms with E-state index in [1.54, 1.807) is 12.4 Å². The molecule has 0 atom stereocenters. The molecule has 0 saturated heterocycles. The van der Waals surface area contributed by atoms with Crippen LogP contribution in [-0.2, 0) is 19.4 Å². The maximum atomic E-state index is 5.58. The van der Waals surface area contributed by atoms with Crippen LogP contribution in [0.2, 0.25) is 0 Å². The van der Waals surface area contributed by atoms with Crippen LogP contribution in [-0.4, -0.2) is 34.9 Å². The van der Waals surface area contributed by atoms with Crippen molar-refractivity contribution in [1.29, 1.82) is 0 Å². The fourth-order valence-corrected chi connectivity index (χ4v) is 3.42. The number of nitrogens with zero attached hydrogens (tertiary/aromatic N) is 5. The fourth-order valence-electron chi connectivity index (χ4n) is 3.42. The van der Waals surface area contributed by atoms with Gasteiger partial charge < -0.3 is 21.4 Å². The lowest BCUT2D eigenvalue weighted by atomic mass is 10.1. The number of aryl methyl sites for hydroxylation is 2. The molecule has 1 aromatic carbocycles. The molecular formula is C24H34ClN9. The Bertz CT molecular complexity index is 1080. The number of halogens is 1. The average molecular weight is 484 g/mol. The molecule has 6 N–H and O–H groups in total. The van der Waals surface area contributed by atoms with Gasteiger partial charge >= 0.3 is 0 Å². The molecule has 34 heavy (non-hydrogen) atoms. The van der Waals surface area contributed by atoms with Crippen LogP contribution in [0.4, 0.5) is 11.9 Å². The number of imidazole rings is 2. The third kappa shape index (κ3) is 9.91. The number of allylic oxidation sites excluding steroid dienone is 1. The van der Waals surface area contributed by atoms with Crippen LogP contribution in [0.5, 0.6) is 0 Å². The van der Waals surface area contributed by atoms with Crippen LogP contribution in [0, 0.1) is 0 Å². The Morgan fingerprint density at radius 3 is 2.38 bits per heavy atom. The number of hydrogen-bond acceptors (Lipinski definition) is 6. The average Bonchev–Trinajstić information content (AvgIpc) is 3.55. The zero-order valence-corrected chi connectivity index (χ0v) is 20.3. The molecule has 182 valence electrons. The number of aromatic amines is 2. The molecule has 0 saturated carbocycles. The van der Waals surface area contributed by atoms with E-state index in [0.29, 0.717) is 11.9 Å². The molecule has 0 fully saturated rings. The molecule has 0 bridgehead atoms. The lowest BCUT2D eigenvalue weighted by molar-refractivity contribution is 0.630. The summed E-state index contributed by atoms with van der Waals surface area (Å²) in [6, 6.07) is 10.4.